The molecule has 156 valence electrons. The Bertz CT molecular complexity index is 1260. The third-order valence-corrected chi connectivity index (χ3v) is 6.19. The van der Waals surface area contributed by atoms with Crippen molar-refractivity contribution in [2.24, 2.45) is 0 Å². The number of amides is 1. The van der Waals surface area contributed by atoms with Gasteiger partial charge in [0.25, 0.3) is 5.78 Å². The summed E-state index contributed by atoms with van der Waals surface area (Å²) < 4.78 is 7.85. The molecule has 0 spiro atoms. The highest BCUT2D eigenvalue weighted by molar-refractivity contribution is 7.99. The van der Waals surface area contributed by atoms with E-state index in [1.807, 2.05) is 83.8 Å². The van der Waals surface area contributed by atoms with Crippen LogP contribution in [-0.4, -0.2) is 37.8 Å². The van der Waals surface area contributed by atoms with E-state index >= 15 is 0 Å². The van der Waals surface area contributed by atoms with Gasteiger partial charge in [0, 0.05) is 11.4 Å². The quantitative estimate of drug-likeness (QED) is 0.455. The van der Waals surface area contributed by atoms with Crippen molar-refractivity contribution in [3.8, 4) is 5.75 Å². The van der Waals surface area contributed by atoms with Crippen LogP contribution in [0, 0.1) is 13.8 Å². The van der Waals surface area contributed by atoms with E-state index in [0.717, 1.165) is 28.4 Å². The average molecular weight is 432 g/mol. The molecule has 1 aliphatic heterocycles. The van der Waals surface area contributed by atoms with Gasteiger partial charge in [-0.25, -0.2) is 4.98 Å². The second-order valence-electron chi connectivity index (χ2n) is 7.41. The Morgan fingerprint density at radius 2 is 1.87 bits per heavy atom. The Kier molecular flexibility index (Phi) is 5.07. The van der Waals surface area contributed by atoms with Crippen molar-refractivity contribution in [2.45, 2.75) is 25.0 Å². The van der Waals surface area contributed by atoms with E-state index in [2.05, 4.69) is 15.2 Å². The highest BCUT2D eigenvalue weighted by Crippen LogP contribution is 2.39. The molecule has 7 nitrogen and oxygen atoms in total. The van der Waals surface area contributed by atoms with Crippen molar-refractivity contribution < 1.29 is 9.53 Å². The first-order valence-electron chi connectivity index (χ1n) is 10.0. The number of nitrogens with zero attached hydrogens (tertiary/aromatic N) is 5. The molecule has 8 heteroatoms. The number of hydrogen-bond donors (Lipinski definition) is 0. The smallest absolute Gasteiger partial charge is 0.256 e. The summed E-state index contributed by atoms with van der Waals surface area (Å²) in [6.45, 7) is 4.33. The van der Waals surface area contributed by atoms with Crippen molar-refractivity contribution in [2.75, 3.05) is 17.3 Å². The van der Waals surface area contributed by atoms with Gasteiger partial charge in [-0.3, -0.25) is 14.1 Å². The number of aromatic nitrogens is 4. The van der Waals surface area contributed by atoms with Gasteiger partial charge in [-0.2, -0.15) is 0 Å². The molecule has 0 saturated heterocycles. The molecule has 1 amide bonds. The summed E-state index contributed by atoms with van der Waals surface area (Å²) in [5.74, 6) is 1.48. The van der Waals surface area contributed by atoms with Crippen LogP contribution in [0.25, 0.3) is 5.78 Å². The number of hydrogen-bond acceptors (Lipinski definition) is 6. The minimum Gasteiger partial charge on any atom is -0.489 e. The minimum absolute atomic E-state index is 0.0101. The Hall–Kier alpha value is -3.39. The van der Waals surface area contributed by atoms with Gasteiger partial charge < -0.3 is 4.74 Å². The maximum atomic E-state index is 13.5. The molecular formula is C23H21N5O2S. The van der Waals surface area contributed by atoms with E-state index in [4.69, 9.17) is 4.74 Å². The Morgan fingerprint density at radius 3 is 2.71 bits per heavy atom. The van der Waals surface area contributed by atoms with Gasteiger partial charge in [-0.1, -0.05) is 54.2 Å². The summed E-state index contributed by atoms with van der Waals surface area (Å²) >= 11 is 1.37. The van der Waals surface area contributed by atoms with Crippen molar-refractivity contribution >= 4 is 29.1 Å². The van der Waals surface area contributed by atoms with Gasteiger partial charge in [0.05, 0.1) is 17.5 Å². The molecule has 4 aromatic rings. The number of benzene rings is 2. The SMILES string of the molecule is Cc1cc(C)n2c(SCC(=O)N3c4ccccc4OC[C@@H]3c3ccccc3)nnc2n1. The largest absolute Gasteiger partial charge is 0.489 e. The fraction of sp³-hybridized carbons (Fsp3) is 0.217. The lowest BCUT2D eigenvalue weighted by atomic mass is 10.0. The zero-order valence-corrected chi connectivity index (χ0v) is 18.0. The molecule has 2 aromatic carbocycles. The lowest BCUT2D eigenvalue weighted by molar-refractivity contribution is -0.117. The molecular weight excluding hydrogens is 410 g/mol. The first kappa shape index (κ1) is 19.6. The molecule has 5 rings (SSSR count). The van der Waals surface area contributed by atoms with Crippen LogP contribution in [0.4, 0.5) is 5.69 Å². The number of para-hydroxylation sites is 2. The molecule has 0 unspecified atom stereocenters. The number of carbonyl (C=O) groups is 1. The first-order chi connectivity index (χ1) is 15.1. The topological polar surface area (TPSA) is 72.6 Å². The lowest BCUT2D eigenvalue weighted by Crippen LogP contribution is -2.42. The van der Waals surface area contributed by atoms with Crippen LogP contribution in [0.1, 0.15) is 23.0 Å². The Balaban J connectivity index is 1.45. The molecule has 31 heavy (non-hydrogen) atoms. The molecule has 1 atom stereocenters. The zero-order chi connectivity index (χ0) is 21.4. The van der Waals surface area contributed by atoms with E-state index in [1.165, 1.54) is 11.8 Å². The second-order valence-corrected chi connectivity index (χ2v) is 8.36. The van der Waals surface area contributed by atoms with Crippen molar-refractivity contribution in [1.82, 2.24) is 19.6 Å². The van der Waals surface area contributed by atoms with Gasteiger partial charge in [0.2, 0.25) is 5.91 Å². The number of ether oxygens (including phenoxy) is 1. The molecule has 0 N–H and O–H groups in total. The average Bonchev–Trinajstić information content (AvgIpc) is 3.20. The highest BCUT2D eigenvalue weighted by atomic mass is 32.2. The molecule has 0 radical (unpaired) electrons. The van der Waals surface area contributed by atoms with Crippen LogP contribution in [0.2, 0.25) is 0 Å². The number of fused-ring (bicyclic) bond motifs is 2. The fourth-order valence-electron chi connectivity index (χ4n) is 3.91. The summed E-state index contributed by atoms with van der Waals surface area (Å²) in [4.78, 5) is 19.8. The normalized spacial score (nSPS) is 15.5. The maximum absolute atomic E-state index is 13.5. The van der Waals surface area contributed by atoms with Crippen LogP contribution in [0.3, 0.4) is 0 Å². The van der Waals surface area contributed by atoms with Crippen LogP contribution >= 0.6 is 11.8 Å². The van der Waals surface area contributed by atoms with Gasteiger partial charge in [-0.15, -0.1) is 10.2 Å². The third-order valence-electron chi connectivity index (χ3n) is 5.27. The summed E-state index contributed by atoms with van der Waals surface area (Å²) in [5.41, 5.74) is 3.70. The fourth-order valence-corrected chi connectivity index (χ4v) is 4.75. The minimum atomic E-state index is -0.189. The third kappa shape index (κ3) is 3.63. The van der Waals surface area contributed by atoms with Gasteiger partial charge >= 0.3 is 0 Å². The molecule has 0 saturated carbocycles. The van der Waals surface area contributed by atoms with E-state index in [9.17, 15) is 4.79 Å². The van der Waals surface area contributed by atoms with E-state index in [-0.39, 0.29) is 17.7 Å². The first-order valence-corrected chi connectivity index (χ1v) is 11.0. The molecule has 1 aliphatic rings. The number of aryl methyl sites for hydroxylation is 2. The van der Waals surface area contributed by atoms with Crippen LogP contribution in [-0.2, 0) is 4.79 Å². The van der Waals surface area contributed by atoms with Gasteiger partial charge in [-0.05, 0) is 37.6 Å². The van der Waals surface area contributed by atoms with Crippen molar-refractivity contribution in [1.29, 1.82) is 0 Å². The number of anilines is 1. The number of carbonyl (C=O) groups excluding carboxylic acids is 1. The van der Waals surface area contributed by atoms with Crippen molar-refractivity contribution in [3.05, 3.63) is 77.6 Å². The van der Waals surface area contributed by atoms with Crippen LogP contribution in [0.15, 0.2) is 65.8 Å². The lowest BCUT2D eigenvalue weighted by Gasteiger charge is -2.37. The maximum Gasteiger partial charge on any atom is 0.256 e. The second kappa shape index (κ2) is 8.03. The molecule has 0 fully saturated rings. The summed E-state index contributed by atoms with van der Waals surface area (Å²) in [7, 11) is 0. The standard InChI is InChI=1S/C23H21N5O2S/c1-15-12-16(2)27-22(24-15)25-26-23(27)31-14-21(29)28-18-10-6-7-11-20(18)30-13-19(28)17-8-4-3-5-9-17/h3-12,19H,13-14H2,1-2H3/t19-/m1/s1. The van der Waals surface area contributed by atoms with E-state index < -0.39 is 0 Å². The predicted molar refractivity (Wildman–Crippen MR) is 120 cm³/mol. The van der Waals surface area contributed by atoms with E-state index in [0.29, 0.717) is 17.5 Å². The van der Waals surface area contributed by atoms with Crippen LogP contribution in [0.5, 0.6) is 5.75 Å². The summed E-state index contributed by atoms with van der Waals surface area (Å²) in [6, 6.07) is 19.4. The Labute approximate surface area is 184 Å². The number of rotatable bonds is 4. The molecule has 3 heterocycles. The zero-order valence-electron chi connectivity index (χ0n) is 17.2. The predicted octanol–water partition coefficient (Wildman–Crippen LogP) is 4.00. The highest BCUT2D eigenvalue weighted by Gasteiger charge is 2.33. The molecule has 2 aromatic heterocycles. The monoisotopic (exact) mass is 431 g/mol. The van der Waals surface area contributed by atoms with E-state index in [1.54, 1.807) is 0 Å². The van der Waals surface area contributed by atoms with Crippen molar-refractivity contribution in [3.63, 3.8) is 0 Å². The van der Waals surface area contributed by atoms with Crippen LogP contribution < -0.4 is 9.64 Å². The van der Waals surface area contributed by atoms with Gasteiger partial charge in [0.1, 0.15) is 12.4 Å². The Morgan fingerprint density at radius 1 is 1.10 bits per heavy atom. The molecule has 0 aliphatic carbocycles. The summed E-state index contributed by atoms with van der Waals surface area (Å²) in [5, 5.41) is 9.08. The molecule has 0 bridgehead atoms. The van der Waals surface area contributed by atoms with Gasteiger partial charge in [0.15, 0.2) is 5.16 Å². The summed E-state index contributed by atoms with van der Waals surface area (Å²) in [6.07, 6.45) is 0. The number of thioether (sulfide) groups is 1.